The van der Waals surface area contributed by atoms with Gasteiger partial charge in [0, 0.05) is 5.56 Å². The molecule has 0 heterocycles. The molecule has 2 rings (SSSR count). The van der Waals surface area contributed by atoms with E-state index in [2.05, 4.69) is 31.2 Å². The Hall–Kier alpha value is -1.89. The Morgan fingerprint density at radius 2 is 1.82 bits per heavy atom. The van der Waals surface area contributed by atoms with Crippen molar-refractivity contribution >= 4 is 5.78 Å². The number of Topliss-reactive ketones (excluding diaryl/α,β-unsaturated/α-hetero) is 1. The molecule has 0 atom stereocenters. The van der Waals surface area contributed by atoms with Crippen LogP contribution in [0.15, 0.2) is 48.5 Å². The predicted molar refractivity (Wildman–Crippen MR) is 70.4 cm³/mol. The molecule has 0 bridgehead atoms. The molecule has 0 amide bonds. The van der Waals surface area contributed by atoms with E-state index in [9.17, 15) is 4.79 Å². The van der Waals surface area contributed by atoms with E-state index in [-0.39, 0.29) is 5.78 Å². The van der Waals surface area contributed by atoms with Crippen LogP contribution in [0.4, 0.5) is 0 Å². The summed E-state index contributed by atoms with van der Waals surface area (Å²) >= 11 is 0. The Kier molecular flexibility index (Phi) is 3.38. The summed E-state index contributed by atoms with van der Waals surface area (Å²) in [6, 6.07) is 16.2. The first-order valence-corrected chi connectivity index (χ1v) is 5.81. The van der Waals surface area contributed by atoms with Gasteiger partial charge in [-0.1, -0.05) is 42.5 Å². The van der Waals surface area contributed by atoms with Gasteiger partial charge in [0.2, 0.25) is 0 Å². The molecule has 0 unspecified atom stereocenters. The summed E-state index contributed by atoms with van der Waals surface area (Å²) in [7, 11) is 0. The average molecular weight is 224 g/mol. The molecule has 0 saturated carbocycles. The Balaban J connectivity index is 2.28. The van der Waals surface area contributed by atoms with Crippen molar-refractivity contribution in [2.24, 2.45) is 0 Å². The van der Waals surface area contributed by atoms with Gasteiger partial charge in [0.05, 0.1) is 0 Å². The Morgan fingerprint density at radius 1 is 1.06 bits per heavy atom. The van der Waals surface area contributed by atoms with Gasteiger partial charge in [0.15, 0.2) is 5.78 Å². The second-order valence-corrected chi connectivity index (χ2v) is 4.36. The van der Waals surface area contributed by atoms with Crippen LogP contribution in [0, 0.1) is 6.92 Å². The lowest BCUT2D eigenvalue weighted by atomic mass is 9.99. The molecule has 0 saturated heterocycles. The third-order valence-electron chi connectivity index (χ3n) is 2.99. The second kappa shape index (κ2) is 4.96. The fraction of sp³-hybridized carbons (Fsp3) is 0.188. The lowest BCUT2D eigenvalue weighted by Gasteiger charge is -2.06. The van der Waals surface area contributed by atoms with Crippen LogP contribution in [0.1, 0.15) is 34.0 Å². The number of aryl methyl sites for hydroxylation is 1. The molecule has 0 aliphatic heterocycles. The SMILES string of the molecule is CC(=O)c1cccc(Cc2ccccc2C)c1. The van der Waals surface area contributed by atoms with Crippen molar-refractivity contribution in [1.82, 2.24) is 0 Å². The van der Waals surface area contributed by atoms with Crippen LogP contribution in [0.3, 0.4) is 0 Å². The van der Waals surface area contributed by atoms with Crippen molar-refractivity contribution in [2.45, 2.75) is 20.3 Å². The number of hydrogen-bond donors (Lipinski definition) is 0. The Bertz CT molecular complexity index is 541. The molecule has 0 fully saturated rings. The lowest BCUT2D eigenvalue weighted by Crippen LogP contribution is -1.96. The standard InChI is InChI=1S/C16H16O/c1-12-6-3-4-8-15(12)10-14-7-5-9-16(11-14)13(2)17/h3-9,11H,10H2,1-2H3. The topological polar surface area (TPSA) is 17.1 Å². The molecule has 0 aliphatic carbocycles. The van der Waals surface area contributed by atoms with Gasteiger partial charge >= 0.3 is 0 Å². The molecule has 2 aromatic rings. The highest BCUT2D eigenvalue weighted by Crippen LogP contribution is 2.15. The summed E-state index contributed by atoms with van der Waals surface area (Å²) < 4.78 is 0. The van der Waals surface area contributed by atoms with Gasteiger partial charge in [-0.2, -0.15) is 0 Å². The molecule has 17 heavy (non-hydrogen) atoms. The molecule has 1 nitrogen and oxygen atoms in total. The number of rotatable bonds is 3. The number of carbonyl (C=O) groups is 1. The van der Waals surface area contributed by atoms with Crippen LogP contribution in [-0.4, -0.2) is 5.78 Å². The van der Waals surface area contributed by atoms with Crippen molar-refractivity contribution < 1.29 is 4.79 Å². The maximum atomic E-state index is 11.3. The normalized spacial score (nSPS) is 10.2. The first kappa shape index (κ1) is 11.6. The largest absolute Gasteiger partial charge is 0.295 e. The maximum Gasteiger partial charge on any atom is 0.159 e. The van der Waals surface area contributed by atoms with Crippen molar-refractivity contribution in [2.75, 3.05) is 0 Å². The third kappa shape index (κ3) is 2.82. The van der Waals surface area contributed by atoms with Crippen LogP contribution in [0.25, 0.3) is 0 Å². The van der Waals surface area contributed by atoms with Gasteiger partial charge in [-0.3, -0.25) is 4.79 Å². The summed E-state index contributed by atoms with van der Waals surface area (Å²) in [6.07, 6.45) is 0.883. The van der Waals surface area contributed by atoms with E-state index in [4.69, 9.17) is 0 Å². The van der Waals surface area contributed by atoms with Crippen LogP contribution in [0.5, 0.6) is 0 Å². The van der Waals surface area contributed by atoms with Crippen LogP contribution >= 0.6 is 0 Å². The van der Waals surface area contributed by atoms with Gasteiger partial charge in [0.25, 0.3) is 0 Å². The minimum atomic E-state index is 0.122. The summed E-state index contributed by atoms with van der Waals surface area (Å²) in [5.74, 6) is 0.122. The first-order valence-electron chi connectivity index (χ1n) is 5.81. The monoisotopic (exact) mass is 224 g/mol. The Morgan fingerprint density at radius 3 is 2.53 bits per heavy atom. The summed E-state index contributed by atoms with van der Waals surface area (Å²) in [6.45, 7) is 3.72. The van der Waals surface area contributed by atoms with E-state index in [1.165, 1.54) is 16.7 Å². The van der Waals surface area contributed by atoms with Crippen LogP contribution < -0.4 is 0 Å². The number of carbonyl (C=O) groups excluding carboxylic acids is 1. The summed E-state index contributed by atoms with van der Waals surface area (Å²) in [4.78, 5) is 11.3. The fourth-order valence-corrected chi connectivity index (χ4v) is 1.93. The molecule has 0 spiro atoms. The highest BCUT2D eigenvalue weighted by molar-refractivity contribution is 5.94. The molecule has 0 radical (unpaired) electrons. The van der Waals surface area contributed by atoms with Crippen molar-refractivity contribution in [3.8, 4) is 0 Å². The number of ketones is 1. The zero-order valence-corrected chi connectivity index (χ0v) is 10.2. The maximum absolute atomic E-state index is 11.3. The van der Waals surface area contributed by atoms with Crippen molar-refractivity contribution in [3.05, 3.63) is 70.8 Å². The van der Waals surface area contributed by atoms with E-state index in [1.807, 2.05) is 24.3 Å². The van der Waals surface area contributed by atoms with Gasteiger partial charge in [-0.25, -0.2) is 0 Å². The van der Waals surface area contributed by atoms with E-state index < -0.39 is 0 Å². The average Bonchev–Trinajstić information content (AvgIpc) is 2.32. The van der Waals surface area contributed by atoms with E-state index in [0.29, 0.717) is 0 Å². The van der Waals surface area contributed by atoms with Gasteiger partial charge in [-0.15, -0.1) is 0 Å². The summed E-state index contributed by atoms with van der Waals surface area (Å²) in [5.41, 5.74) is 4.58. The minimum Gasteiger partial charge on any atom is -0.295 e. The molecule has 0 aliphatic rings. The first-order chi connectivity index (χ1) is 8.16. The Labute approximate surface area is 102 Å². The third-order valence-corrected chi connectivity index (χ3v) is 2.99. The van der Waals surface area contributed by atoms with Gasteiger partial charge < -0.3 is 0 Å². The smallest absolute Gasteiger partial charge is 0.159 e. The van der Waals surface area contributed by atoms with Gasteiger partial charge in [-0.05, 0) is 43.0 Å². The van der Waals surface area contributed by atoms with Gasteiger partial charge in [0.1, 0.15) is 0 Å². The van der Waals surface area contributed by atoms with Crippen LogP contribution in [0.2, 0.25) is 0 Å². The zero-order chi connectivity index (χ0) is 12.3. The minimum absolute atomic E-state index is 0.122. The zero-order valence-electron chi connectivity index (χ0n) is 10.2. The van der Waals surface area contributed by atoms with E-state index in [1.54, 1.807) is 6.92 Å². The van der Waals surface area contributed by atoms with Crippen LogP contribution in [-0.2, 0) is 6.42 Å². The second-order valence-electron chi connectivity index (χ2n) is 4.36. The lowest BCUT2D eigenvalue weighted by molar-refractivity contribution is 0.101. The molecule has 0 N–H and O–H groups in total. The molecule has 1 heteroatoms. The van der Waals surface area contributed by atoms with Crippen molar-refractivity contribution in [3.63, 3.8) is 0 Å². The van der Waals surface area contributed by atoms with Crippen molar-refractivity contribution in [1.29, 1.82) is 0 Å². The van der Waals surface area contributed by atoms with E-state index in [0.717, 1.165) is 12.0 Å². The molecule has 86 valence electrons. The number of benzene rings is 2. The summed E-state index contributed by atoms with van der Waals surface area (Å²) in [5, 5.41) is 0. The highest BCUT2D eigenvalue weighted by Gasteiger charge is 2.02. The molecular formula is C16H16O. The molecular weight excluding hydrogens is 208 g/mol. The van der Waals surface area contributed by atoms with E-state index >= 15 is 0 Å². The highest BCUT2D eigenvalue weighted by atomic mass is 16.1. The predicted octanol–water partition coefficient (Wildman–Crippen LogP) is 3.79. The molecule has 0 aromatic heterocycles. The number of hydrogen-bond acceptors (Lipinski definition) is 1. The quantitative estimate of drug-likeness (QED) is 0.725. The fourth-order valence-electron chi connectivity index (χ4n) is 1.93. The molecule has 2 aromatic carbocycles.